The zero-order chi connectivity index (χ0) is 16.2. The Morgan fingerprint density at radius 2 is 1.91 bits per heavy atom. The molecular weight excluding hydrogens is 294 g/mol. The average molecular weight is 309 g/mol. The molecule has 0 fully saturated rings. The first kappa shape index (κ1) is 14.8. The van der Waals surface area contributed by atoms with E-state index in [1.54, 1.807) is 37.4 Å². The third-order valence-electron chi connectivity index (χ3n) is 3.44. The normalized spacial score (nSPS) is 11.2. The van der Waals surface area contributed by atoms with Crippen molar-refractivity contribution in [1.82, 2.24) is 4.98 Å². The van der Waals surface area contributed by atoms with Crippen LogP contribution in [0.3, 0.4) is 0 Å². The van der Waals surface area contributed by atoms with Crippen LogP contribution in [-0.2, 0) is 11.2 Å². The quantitative estimate of drug-likeness (QED) is 0.720. The third-order valence-corrected chi connectivity index (χ3v) is 3.44. The Bertz CT molecular complexity index is 866. The van der Waals surface area contributed by atoms with E-state index in [-0.39, 0.29) is 23.9 Å². The van der Waals surface area contributed by atoms with Gasteiger partial charge in [0.1, 0.15) is 5.75 Å². The lowest BCUT2D eigenvalue weighted by Crippen LogP contribution is -1.97. The van der Waals surface area contributed by atoms with Crippen LogP contribution in [0.25, 0.3) is 10.9 Å². The number of para-hydroxylation sites is 1. The summed E-state index contributed by atoms with van der Waals surface area (Å²) >= 11 is 0. The number of ether oxygens (including phenoxy) is 1. The molecule has 1 aromatic heterocycles. The van der Waals surface area contributed by atoms with Gasteiger partial charge in [0.25, 0.3) is 5.91 Å². The molecule has 0 bridgehead atoms. The zero-order valence-electron chi connectivity index (χ0n) is 12.5. The Kier molecular flexibility index (Phi) is 4.05. The standard InChI is InChI=1S/C17H15N3O3/c1-23-12-8-6-11(7-9-12)10-15(21)19-20-16-13-4-2-3-5-14(13)18-17(16)22/h2-9,18,22H,10H2,1H3. The molecule has 23 heavy (non-hydrogen) atoms. The van der Waals surface area contributed by atoms with Crippen LogP contribution in [-0.4, -0.2) is 23.1 Å². The fraction of sp³-hybridized carbons (Fsp3) is 0.118. The second-order valence-corrected chi connectivity index (χ2v) is 4.99. The number of aromatic nitrogens is 1. The lowest BCUT2D eigenvalue weighted by molar-refractivity contribution is -0.117. The second-order valence-electron chi connectivity index (χ2n) is 4.99. The number of hydrogen-bond acceptors (Lipinski definition) is 4. The average Bonchev–Trinajstić information content (AvgIpc) is 2.89. The van der Waals surface area contributed by atoms with Crippen LogP contribution >= 0.6 is 0 Å². The zero-order valence-corrected chi connectivity index (χ0v) is 12.5. The molecule has 0 spiro atoms. The van der Waals surface area contributed by atoms with Crippen molar-refractivity contribution in [3.63, 3.8) is 0 Å². The van der Waals surface area contributed by atoms with Crippen molar-refractivity contribution in [2.24, 2.45) is 10.2 Å². The summed E-state index contributed by atoms with van der Waals surface area (Å²) in [6, 6.07) is 14.4. The summed E-state index contributed by atoms with van der Waals surface area (Å²) < 4.78 is 5.07. The van der Waals surface area contributed by atoms with Crippen molar-refractivity contribution in [3.8, 4) is 11.6 Å². The SMILES string of the molecule is COc1ccc(CC(=O)N=Nc2c(O)[nH]c3ccccc23)cc1. The number of hydrogen-bond donors (Lipinski definition) is 2. The van der Waals surface area contributed by atoms with Crippen LogP contribution in [0.2, 0.25) is 0 Å². The lowest BCUT2D eigenvalue weighted by atomic mass is 10.1. The van der Waals surface area contributed by atoms with Gasteiger partial charge in [-0.3, -0.25) is 4.79 Å². The molecule has 1 heterocycles. The van der Waals surface area contributed by atoms with E-state index in [1.807, 2.05) is 18.2 Å². The van der Waals surface area contributed by atoms with Crippen LogP contribution in [0, 0.1) is 0 Å². The number of carbonyl (C=O) groups excluding carboxylic acids is 1. The van der Waals surface area contributed by atoms with Gasteiger partial charge >= 0.3 is 0 Å². The first-order chi connectivity index (χ1) is 11.2. The maximum Gasteiger partial charge on any atom is 0.269 e. The predicted octanol–water partition coefficient (Wildman–Crippen LogP) is 3.74. The first-order valence-electron chi connectivity index (χ1n) is 7.04. The van der Waals surface area contributed by atoms with Gasteiger partial charge in [-0.15, -0.1) is 10.2 Å². The van der Waals surface area contributed by atoms with Crippen LogP contribution < -0.4 is 4.74 Å². The highest BCUT2D eigenvalue weighted by molar-refractivity contribution is 5.94. The number of amides is 1. The lowest BCUT2D eigenvalue weighted by Gasteiger charge is -2.00. The maximum absolute atomic E-state index is 11.9. The van der Waals surface area contributed by atoms with Gasteiger partial charge < -0.3 is 14.8 Å². The Labute approximate surface area is 132 Å². The van der Waals surface area contributed by atoms with E-state index >= 15 is 0 Å². The van der Waals surface area contributed by atoms with Gasteiger partial charge in [-0.1, -0.05) is 30.3 Å². The highest BCUT2D eigenvalue weighted by atomic mass is 16.5. The van der Waals surface area contributed by atoms with Crippen molar-refractivity contribution in [2.45, 2.75) is 6.42 Å². The van der Waals surface area contributed by atoms with Crippen molar-refractivity contribution < 1.29 is 14.6 Å². The van der Waals surface area contributed by atoms with E-state index < -0.39 is 0 Å². The van der Waals surface area contributed by atoms with Crippen LogP contribution in [0.15, 0.2) is 58.8 Å². The topological polar surface area (TPSA) is 87.0 Å². The summed E-state index contributed by atoms with van der Waals surface area (Å²) in [7, 11) is 1.59. The summed E-state index contributed by atoms with van der Waals surface area (Å²) in [4.78, 5) is 14.7. The van der Waals surface area contributed by atoms with Crippen molar-refractivity contribution in [3.05, 3.63) is 54.1 Å². The highest BCUT2D eigenvalue weighted by Gasteiger charge is 2.10. The second kappa shape index (κ2) is 6.31. The van der Waals surface area contributed by atoms with Crippen LogP contribution in [0.5, 0.6) is 11.6 Å². The molecule has 3 rings (SSSR count). The third kappa shape index (κ3) is 3.21. The van der Waals surface area contributed by atoms with Crippen LogP contribution in [0.1, 0.15) is 5.56 Å². The fourth-order valence-corrected chi connectivity index (χ4v) is 2.27. The summed E-state index contributed by atoms with van der Waals surface area (Å²) in [5, 5.41) is 18.2. The van der Waals surface area contributed by atoms with Crippen molar-refractivity contribution in [2.75, 3.05) is 7.11 Å². The molecule has 0 aliphatic carbocycles. The van der Waals surface area contributed by atoms with Gasteiger partial charge in [-0.2, -0.15) is 0 Å². The highest BCUT2D eigenvalue weighted by Crippen LogP contribution is 2.35. The summed E-state index contributed by atoms with van der Waals surface area (Å²) in [6.07, 6.45) is 0.136. The van der Waals surface area contributed by atoms with Crippen molar-refractivity contribution in [1.29, 1.82) is 0 Å². The van der Waals surface area contributed by atoms with Crippen LogP contribution in [0.4, 0.5) is 5.69 Å². The predicted molar refractivity (Wildman–Crippen MR) is 86.2 cm³/mol. The van der Waals surface area contributed by atoms with E-state index in [1.165, 1.54) is 0 Å². The molecule has 116 valence electrons. The van der Waals surface area contributed by atoms with E-state index in [9.17, 15) is 9.90 Å². The summed E-state index contributed by atoms with van der Waals surface area (Å²) in [5.41, 5.74) is 1.82. The minimum atomic E-state index is -0.389. The molecule has 2 N–H and O–H groups in total. The number of rotatable bonds is 4. The molecule has 3 aromatic rings. The monoisotopic (exact) mass is 309 g/mol. The van der Waals surface area contributed by atoms with Gasteiger partial charge in [-0.05, 0) is 23.8 Å². The molecule has 0 saturated carbocycles. The molecular formula is C17H15N3O3. The number of carbonyl (C=O) groups is 1. The number of aromatic amines is 1. The molecule has 2 aromatic carbocycles. The number of fused-ring (bicyclic) bond motifs is 1. The first-order valence-corrected chi connectivity index (χ1v) is 7.04. The number of aromatic hydroxyl groups is 1. The Balaban J connectivity index is 1.75. The van der Waals surface area contributed by atoms with E-state index in [2.05, 4.69) is 15.2 Å². The van der Waals surface area contributed by atoms with Gasteiger partial charge in [0.2, 0.25) is 5.88 Å². The molecule has 1 amide bonds. The molecule has 0 atom stereocenters. The largest absolute Gasteiger partial charge is 0.497 e. The Morgan fingerprint density at radius 1 is 1.17 bits per heavy atom. The number of azo groups is 1. The molecule has 6 nitrogen and oxygen atoms in total. The van der Waals surface area contributed by atoms with Gasteiger partial charge in [0.15, 0.2) is 5.69 Å². The molecule has 0 radical (unpaired) electrons. The molecule has 6 heteroatoms. The molecule has 0 unspecified atom stereocenters. The smallest absolute Gasteiger partial charge is 0.269 e. The molecule has 0 aliphatic heterocycles. The number of nitrogens with one attached hydrogen (secondary N) is 1. The molecule has 0 aliphatic rings. The fourth-order valence-electron chi connectivity index (χ4n) is 2.27. The van der Waals surface area contributed by atoms with E-state index in [0.717, 1.165) is 16.8 Å². The number of H-pyrrole nitrogens is 1. The Morgan fingerprint density at radius 3 is 2.65 bits per heavy atom. The molecule has 0 saturated heterocycles. The van der Waals surface area contributed by atoms with E-state index in [4.69, 9.17) is 4.74 Å². The summed E-state index contributed by atoms with van der Waals surface area (Å²) in [5.74, 6) is 0.235. The van der Waals surface area contributed by atoms with Gasteiger partial charge in [-0.25, -0.2) is 0 Å². The van der Waals surface area contributed by atoms with E-state index in [0.29, 0.717) is 5.39 Å². The van der Waals surface area contributed by atoms with Gasteiger partial charge in [0, 0.05) is 5.39 Å². The minimum absolute atomic E-state index is 0.104. The number of nitrogens with zero attached hydrogens (tertiary/aromatic N) is 2. The Hall–Kier alpha value is -3.15. The van der Waals surface area contributed by atoms with Crippen molar-refractivity contribution >= 4 is 22.5 Å². The summed E-state index contributed by atoms with van der Waals surface area (Å²) in [6.45, 7) is 0. The maximum atomic E-state index is 11.9. The number of benzene rings is 2. The minimum Gasteiger partial charge on any atom is -0.497 e. The number of methoxy groups -OCH3 is 1. The van der Waals surface area contributed by atoms with Gasteiger partial charge in [0.05, 0.1) is 19.0 Å².